The maximum atomic E-state index is 12.3. The van der Waals surface area contributed by atoms with E-state index >= 15 is 0 Å². The van der Waals surface area contributed by atoms with E-state index in [9.17, 15) is 9.59 Å². The second kappa shape index (κ2) is 9.24. The fraction of sp³-hybridized carbons (Fsp3) is 0.579. The van der Waals surface area contributed by atoms with Gasteiger partial charge in [0.2, 0.25) is 5.91 Å². The van der Waals surface area contributed by atoms with Crippen LogP contribution in [0.3, 0.4) is 0 Å². The van der Waals surface area contributed by atoms with Crippen LogP contribution in [-0.2, 0) is 9.59 Å². The molecule has 0 bridgehead atoms. The molecule has 26 heavy (non-hydrogen) atoms. The molecule has 2 saturated heterocycles. The highest BCUT2D eigenvalue weighted by molar-refractivity contribution is 6.32. The largest absolute Gasteiger partial charge is 0.482 e. The topological polar surface area (TPSA) is 53.1 Å². The number of ether oxygens (including phenoxy) is 1. The molecular weight excluding hydrogens is 354 g/mol. The van der Waals surface area contributed by atoms with Crippen LogP contribution in [0.1, 0.15) is 19.3 Å². The number of para-hydroxylation sites is 1. The highest BCUT2D eigenvalue weighted by Gasteiger charge is 2.25. The van der Waals surface area contributed by atoms with E-state index in [-0.39, 0.29) is 18.4 Å². The minimum atomic E-state index is -0.0491. The number of carbonyl (C=O) groups excluding carboxylic acids is 2. The molecule has 0 saturated carbocycles. The van der Waals surface area contributed by atoms with Crippen molar-refractivity contribution in [2.45, 2.75) is 19.3 Å². The van der Waals surface area contributed by atoms with E-state index in [1.165, 1.54) is 6.42 Å². The number of hydrogen-bond donors (Lipinski definition) is 0. The van der Waals surface area contributed by atoms with Crippen molar-refractivity contribution in [1.82, 2.24) is 14.7 Å². The quantitative estimate of drug-likeness (QED) is 0.783. The Morgan fingerprint density at radius 1 is 0.885 bits per heavy atom. The Bertz CT molecular complexity index is 626. The second-order valence-electron chi connectivity index (χ2n) is 6.82. The molecule has 0 atom stereocenters. The summed E-state index contributed by atoms with van der Waals surface area (Å²) >= 11 is 6.03. The van der Waals surface area contributed by atoms with Crippen molar-refractivity contribution >= 4 is 23.4 Å². The third-order valence-corrected chi connectivity index (χ3v) is 5.29. The van der Waals surface area contributed by atoms with E-state index in [2.05, 4.69) is 4.90 Å². The monoisotopic (exact) mass is 379 g/mol. The molecule has 0 unspecified atom stereocenters. The maximum Gasteiger partial charge on any atom is 0.260 e. The van der Waals surface area contributed by atoms with E-state index in [1.54, 1.807) is 17.0 Å². The number of hydrogen-bond acceptors (Lipinski definition) is 4. The fourth-order valence-corrected chi connectivity index (χ4v) is 3.57. The van der Waals surface area contributed by atoms with Crippen molar-refractivity contribution < 1.29 is 14.3 Å². The Morgan fingerprint density at radius 2 is 1.54 bits per heavy atom. The van der Waals surface area contributed by atoms with Gasteiger partial charge in [0, 0.05) is 39.3 Å². The summed E-state index contributed by atoms with van der Waals surface area (Å²) in [5.74, 6) is 0.687. The summed E-state index contributed by atoms with van der Waals surface area (Å²) in [6, 6.07) is 7.13. The van der Waals surface area contributed by atoms with Crippen LogP contribution < -0.4 is 4.74 Å². The number of halogens is 1. The summed E-state index contributed by atoms with van der Waals surface area (Å²) in [6.07, 6.45) is 3.44. The number of likely N-dealkylation sites (tertiary alicyclic amines) is 1. The van der Waals surface area contributed by atoms with Crippen molar-refractivity contribution in [3.63, 3.8) is 0 Å². The van der Waals surface area contributed by atoms with Crippen LogP contribution in [0.2, 0.25) is 5.02 Å². The molecule has 0 radical (unpaired) electrons. The lowest BCUT2D eigenvalue weighted by Gasteiger charge is -2.36. The smallest absolute Gasteiger partial charge is 0.260 e. The van der Waals surface area contributed by atoms with E-state index in [4.69, 9.17) is 16.3 Å². The summed E-state index contributed by atoms with van der Waals surface area (Å²) < 4.78 is 5.52. The highest BCUT2D eigenvalue weighted by atomic mass is 35.5. The van der Waals surface area contributed by atoms with E-state index < -0.39 is 0 Å². The van der Waals surface area contributed by atoms with E-state index in [0.29, 0.717) is 30.4 Å². The van der Waals surface area contributed by atoms with Gasteiger partial charge in [0.25, 0.3) is 5.91 Å². The SMILES string of the molecule is O=C(COc1ccccc1Cl)N1CCN(CC(=O)N2CCCCC2)CC1. The third-order valence-electron chi connectivity index (χ3n) is 4.98. The standard InChI is InChI=1S/C19H26ClN3O3/c20-16-6-2-3-7-17(16)26-15-19(25)23-12-10-21(11-13-23)14-18(24)22-8-4-1-5-9-22/h2-3,6-7H,1,4-5,8-15H2. The molecule has 2 amide bonds. The molecule has 2 fully saturated rings. The molecule has 0 aliphatic carbocycles. The molecule has 2 heterocycles. The maximum absolute atomic E-state index is 12.3. The Balaban J connectivity index is 1.39. The first-order chi connectivity index (χ1) is 12.6. The number of rotatable bonds is 5. The van der Waals surface area contributed by atoms with Crippen molar-refractivity contribution in [3.05, 3.63) is 29.3 Å². The first kappa shape index (κ1) is 19.0. The van der Waals surface area contributed by atoms with Gasteiger partial charge < -0.3 is 14.5 Å². The van der Waals surface area contributed by atoms with Crippen LogP contribution in [0, 0.1) is 0 Å². The van der Waals surface area contributed by atoms with Gasteiger partial charge in [0.1, 0.15) is 5.75 Å². The normalized spacial score (nSPS) is 18.7. The van der Waals surface area contributed by atoms with Gasteiger partial charge in [0.05, 0.1) is 11.6 Å². The summed E-state index contributed by atoms with van der Waals surface area (Å²) in [5.41, 5.74) is 0. The number of piperidine rings is 1. The minimum Gasteiger partial charge on any atom is -0.482 e. The van der Waals surface area contributed by atoms with Crippen molar-refractivity contribution in [2.75, 3.05) is 52.4 Å². The lowest BCUT2D eigenvalue weighted by molar-refractivity contribution is -0.136. The molecule has 0 N–H and O–H groups in total. The summed E-state index contributed by atoms with van der Waals surface area (Å²) in [5, 5.41) is 0.501. The molecule has 2 aliphatic heterocycles. The van der Waals surface area contributed by atoms with Gasteiger partial charge in [0.15, 0.2) is 6.61 Å². The van der Waals surface area contributed by atoms with Crippen LogP contribution in [0.15, 0.2) is 24.3 Å². The van der Waals surface area contributed by atoms with E-state index in [1.807, 2.05) is 17.0 Å². The van der Waals surface area contributed by atoms with Crippen LogP contribution in [0.25, 0.3) is 0 Å². The molecule has 1 aromatic rings. The number of piperazine rings is 1. The van der Waals surface area contributed by atoms with Gasteiger partial charge in [-0.2, -0.15) is 0 Å². The molecule has 1 aromatic carbocycles. The lowest BCUT2D eigenvalue weighted by atomic mass is 10.1. The van der Waals surface area contributed by atoms with Crippen LogP contribution in [-0.4, -0.2) is 78.9 Å². The molecule has 6 nitrogen and oxygen atoms in total. The van der Waals surface area contributed by atoms with Crippen LogP contribution >= 0.6 is 11.6 Å². The minimum absolute atomic E-state index is 0.0174. The summed E-state index contributed by atoms with van der Waals surface area (Å²) in [6.45, 7) is 4.90. The predicted octanol–water partition coefficient (Wildman–Crippen LogP) is 1.88. The number of carbonyl (C=O) groups is 2. The summed E-state index contributed by atoms with van der Waals surface area (Å²) in [7, 11) is 0. The van der Waals surface area contributed by atoms with Crippen LogP contribution in [0.4, 0.5) is 0 Å². The van der Waals surface area contributed by atoms with Gasteiger partial charge in [-0.1, -0.05) is 23.7 Å². The average molecular weight is 380 g/mol. The van der Waals surface area contributed by atoms with Gasteiger partial charge in [-0.3, -0.25) is 14.5 Å². The van der Waals surface area contributed by atoms with Crippen molar-refractivity contribution in [2.24, 2.45) is 0 Å². The lowest BCUT2D eigenvalue weighted by Crippen LogP contribution is -2.52. The Hall–Kier alpha value is -1.79. The van der Waals surface area contributed by atoms with Gasteiger partial charge >= 0.3 is 0 Å². The van der Waals surface area contributed by atoms with Gasteiger partial charge in [-0.05, 0) is 31.4 Å². The van der Waals surface area contributed by atoms with Gasteiger partial charge in [-0.15, -0.1) is 0 Å². The zero-order valence-corrected chi connectivity index (χ0v) is 15.8. The fourth-order valence-electron chi connectivity index (χ4n) is 3.38. The Kier molecular flexibility index (Phi) is 6.74. The number of benzene rings is 1. The zero-order chi connectivity index (χ0) is 18.4. The molecule has 2 aliphatic rings. The zero-order valence-electron chi connectivity index (χ0n) is 15.0. The molecule has 7 heteroatoms. The van der Waals surface area contributed by atoms with Gasteiger partial charge in [-0.25, -0.2) is 0 Å². The van der Waals surface area contributed by atoms with E-state index in [0.717, 1.165) is 39.0 Å². The van der Waals surface area contributed by atoms with Crippen molar-refractivity contribution in [1.29, 1.82) is 0 Å². The highest BCUT2D eigenvalue weighted by Crippen LogP contribution is 2.23. The Morgan fingerprint density at radius 3 is 2.23 bits per heavy atom. The third kappa shape index (κ3) is 5.11. The molecule has 3 rings (SSSR count). The second-order valence-corrected chi connectivity index (χ2v) is 7.22. The first-order valence-electron chi connectivity index (χ1n) is 9.29. The summed E-state index contributed by atoms with van der Waals surface area (Å²) in [4.78, 5) is 30.6. The average Bonchev–Trinajstić information content (AvgIpc) is 2.68. The Labute approximate surface area is 159 Å². The van der Waals surface area contributed by atoms with Crippen molar-refractivity contribution in [3.8, 4) is 5.75 Å². The molecule has 0 spiro atoms. The molecule has 142 valence electrons. The first-order valence-corrected chi connectivity index (χ1v) is 9.66. The number of amides is 2. The van der Waals surface area contributed by atoms with Crippen LogP contribution in [0.5, 0.6) is 5.75 Å². The molecular formula is C19H26ClN3O3. The molecule has 0 aromatic heterocycles. The predicted molar refractivity (Wildman–Crippen MR) is 100 cm³/mol. The number of nitrogens with zero attached hydrogens (tertiary/aromatic N) is 3.